The minimum atomic E-state index is -0.0524. The topological polar surface area (TPSA) is 68.3 Å². The SMILES string of the molecule is Cc1cn2cc(C(=O)N(C)[C@@H](C)c3ccc(-n4cncn4)cc3)sc2n1. The molecule has 4 rings (SSSR count). The standard InChI is InChI=1S/C18H18N6OS/c1-12-8-23-9-16(26-18(23)21-12)17(25)22(3)13(2)14-4-6-15(7-5-14)24-11-19-10-20-24/h4-11,13H,1-3H3/t13-/m0/s1. The lowest BCUT2D eigenvalue weighted by Crippen LogP contribution is -2.29. The molecular weight excluding hydrogens is 348 g/mol. The number of aryl methyl sites for hydroxylation is 1. The van der Waals surface area contributed by atoms with Crippen molar-refractivity contribution in [3.8, 4) is 5.69 Å². The van der Waals surface area contributed by atoms with Crippen molar-refractivity contribution in [3.05, 3.63) is 65.4 Å². The summed E-state index contributed by atoms with van der Waals surface area (Å²) in [5, 5.41) is 4.12. The molecule has 0 spiro atoms. The number of hydrogen-bond donors (Lipinski definition) is 0. The average Bonchev–Trinajstić information content (AvgIpc) is 3.36. The predicted molar refractivity (Wildman–Crippen MR) is 99.7 cm³/mol. The van der Waals surface area contributed by atoms with E-state index in [9.17, 15) is 4.79 Å². The molecule has 0 saturated carbocycles. The number of thiazole rings is 1. The van der Waals surface area contributed by atoms with Crippen LogP contribution in [0.3, 0.4) is 0 Å². The highest BCUT2D eigenvalue weighted by Gasteiger charge is 2.21. The second-order valence-corrected chi connectivity index (χ2v) is 7.20. The number of nitrogens with zero attached hydrogens (tertiary/aromatic N) is 6. The van der Waals surface area contributed by atoms with E-state index in [1.54, 1.807) is 15.9 Å². The number of carbonyl (C=O) groups is 1. The van der Waals surface area contributed by atoms with Crippen molar-refractivity contribution in [3.63, 3.8) is 0 Å². The summed E-state index contributed by atoms with van der Waals surface area (Å²) in [4.78, 5) is 24.5. The Hall–Kier alpha value is -3.00. The van der Waals surface area contributed by atoms with Gasteiger partial charge >= 0.3 is 0 Å². The summed E-state index contributed by atoms with van der Waals surface area (Å²) >= 11 is 1.41. The molecule has 0 saturated heterocycles. The number of fused-ring (bicyclic) bond motifs is 1. The smallest absolute Gasteiger partial charge is 0.265 e. The molecule has 1 atom stereocenters. The van der Waals surface area contributed by atoms with Crippen LogP contribution >= 0.6 is 11.3 Å². The first-order valence-electron chi connectivity index (χ1n) is 8.20. The molecule has 8 heteroatoms. The van der Waals surface area contributed by atoms with Crippen LogP contribution in [-0.2, 0) is 0 Å². The number of hydrogen-bond acceptors (Lipinski definition) is 5. The van der Waals surface area contributed by atoms with E-state index in [2.05, 4.69) is 15.1 Å². The molecule has 26 heavy (non-hydrogen) atoms. The summed E-state index contributed by atoms with van der Waals surface area (Å²) < 4.78 is 3.60. The maximum atomic E-state index is 12.8. The van der Waals surface area contributed by atoms with E-state index in [-0.39, 0.29) is 11.9 Å². The summed E-state index contributed by atoms with van der Waals surface area (Å²) in [5.74, 6) is -0.00833. The minimum Gasteiger partial charge on any atom is -0.334 e. The lowest BCUT2D eigenvalue weighted by atomic mass is 10.1. The van der Waals surface area contributed by atoms with Gasteiger partial charge in [0.1, 0.15) is 17.5 Å². The fourth-order valence-electron chi connectivity index (χ4n) is 2.83. The van der Waals surface area contributed by atoms with Gasteiger partial charge in [0, 0.05) is 19.4 Å². The van der Waals surface area contributed by atoms with Gasteiger partial charge in [-0.25, -0.2) is 14.6 Å². The number of amides is 1. The zero-order valence-corrected chi connectivity index (χ0v) is 15.5. The molecule has 7 nitrogen and oxygen atoms in total. The third kappa shape index (κ3) is 2.88. The molecule has 0 aliphatic heterocycles. The molecule has 0 aliphatic rings. The van der Waals surface area contributed by atoms with E-state index >= 15 is 0 Å². The Morgan fingerprint density at radius 2 is 2.00 bits per heavy atom. The normalized spacial score (nSPS) is 12.4. The first-order chi connectivity index (χ1) is 12.5. The van der Waals surface area contributed by atoms with Gasteiger partial charge < -0.3 is 4.90 Å². The monoisotopic (exact) mass is 366 g/mol. The third-order valence-electron chi connectivity index (χ3n) is 4.45. The van der Waals surface area contributed by atoms with Gasteiger partial charge in [-0.15, -0.1) is 0 Å². The zero-order valence-electron chi connectivity index (χ0n) is 14.7. The molecule has 3 heterocycles. The van der Waals surface area contributed by atoms with E-state index in [4.69, 9.17) is 0 Å². The van der Waals surface area contributed by atoms with Crippen molar-refractivity contribution in [1.29, 1.82) is 0 Å². The summed E-state index contributed by atoms with van der Waals surface area (Å²) in [6.07, 6.45) is 6.93. The van der Waals surface area contributed by atoms with Crippen LogP contribution in [0.25, 0.3) is 10.6 Å². The van der Waals surface area contributed by atoms with Crippen LogP contribution in [0.1, 0.15) is 33.9 Å². The molecule has 0 bridgehead atoms. The second-order valence-electron chi connectivity index (χ2n) is 6.19. The Morgan fingerprint density at radius 1 is 1.23 bits per heavy atom. The number of imidazole rings is 1. The summed E-state index contributed by atoms with van der Waals surface area (Å²) in [6.45, 7) is 3.96. The van der Waals surface area contributed by atoms with Crippen molar-refractivity contribution in [2.45, 2.75) is 19.9 Å². The van der Waals surface area contributed by atoms with E-state index < -0.39 is 0 Å². The Bertz CT molecular complexity index is 1020. The lowest BCUT2D eigenvalue weighted by molar-refractivity contribution is 0.0747. The molecule has 0 radical (unpaired) electrons. The molecule has 0 aliphatic carbocycles. The maximum Gasteiger partial charge on any atom is 0.265 e. The fraction of sp³-hybridized carbons (Fsp3) is 0.222. The number of benzene rings is 1. The quantitative estimate of drug-likeness (QED) is 0.556. The number of rotatable bonds is 4. The highest BCUT2D eigenvalue weighted by molar-refractivity contribution is 7.18. The summed E-state index contributed by atoms with van der Waals surface area (Å²) in [7, 11) is 1.83. The van der Waals surface area contributed by atoms with Crippen LogP contribution < -0.4 is 0 Å². The summed E-state index contributed by atoms with van der Waals surface area (Å²) in [5.41, 5.74) is 2.94. The molecule has 0 unspecified atom stereocenters. The minimum absolute atomic E-state index is 0.00833. The highest BCUT2D eigenvalue weighted by Crippen LogP contribution is 2.25. The Balaban J connectivity index is 1.53. The van der Waals surface area contributed by atoms with Crippen LogP contribution in [-0.4, -0.2) is 42.0 Å². The molecule has 0 N–H and O–H groups in total. The highest BCUT2D eigenvalue weighted by atomic mass is 32.1. The fourth-order valence-corrected chi connectivity index (χ4v) is 3.83. The summed E-state index contributed by atoms with van der Waals surface area (Å²) in [6, 6.07) is 7.91. The van der Waals surface area contributed by atoms with Gasteiger partial charge in [0.25, 0.3) is 5.91 Å². The molecule has 1 amide bonds. The average molecular weight is 366 g/mol. The Kier molecular flexibility index (Phi) is 4.04. The van der Waals surface area contributed by atoms with Gasteiger partial charge in [-0.3, -0.25) is 9.20 Å². The van der Waals surface area contributed by atoms with Crippen molar-refractivity contribution in [2.24, 2.45) is 0 Å². The molecule has 3 aromatic heterocycles. The lowest BCUT2D eigenvalue weighted by Gasteiger charge is -2.25. The van der Waals surface area contributed by atoms with Crippen molar-refractivity contribution < 1.29 is 4.79 Å². The predicted octanol–water partition coefficient (Wildman–Crippen LogP) is 3.12. The van der Waals surface area contributed by atoms with Crippen LogP contribution in [0.5, 0.6) is 0 Å². The van der Waals surface area contributed by atoms with Crippen LogP contribution in [0.4, 0.5) is 0 Å². The van der Waals surface area contributed by atoms with Crippen LogP contribution in [0.15, 0.2) is 49.3 Å². The van der Waals surface area contributed by atoms with Crippen molar-refractivity contribution in [2.75, 3.05) is 7.05 Å². The van der Waals surface area contributed by atoms with Crippen molar-refractivity contribution >= 4 is 22.2 Å². The largest absolute Gasteiger partial charge is 0.334 e. The first-order valence-corrected chi connectivity index (χ1v) is 9.02. The van der Waals surface area contributed by atoms with Gasteiger partial charge in [0.2, 0.25) is 0 Å². The van der Waals surface area contributed by atoms with E-state index in [1.165, 1.54) is 17.7 Å². The molecular formula is C18H18N6OS. The van der Waals surface area contributed by atoms with Gasteiger partial charge in [0.15, 0.2) is 4.96 Å². The van der Waals surface area contributed by atoms with E-state index in [0.717, 1.165) is 21.9 Å². The Morgan fingerprint density at radius 3 is 2.65 bits per heavy atom. The van der Waals surface area contributed by atoms with Gasteiger partial charge in [0.05, 0.1) is 17.4 Å². The van der Waals surface area contributed by atoms with Crippen LogP contribution in [0, 0.1) is 6.92 Å². The third-order valence-corrected chi connectivity index (χ3v) is 5.43. The number of carbonyl (C=O) groups excluding carboxylic acids is 1. The zero-order chi connectivity index (χ0) is 18.3. The van der Waals surface area contributed by atoms with E-state index in [1.807, 2.05) is 62.0 Å². The number of aromatic nitrogens is 5. The van der Waals surface area contributed by atoms with Gasteiger partial charge in [-0.2, -0.15) is 5.10 Å². The molecule has 0 fully saturated rings. The molecule has 4 aromatic rings. The Labute approximate surface area is 154 Å². The maximum absolute atomic E-state index is 12.8. The van der Waals surface area contributed by atoms with Crippen molar-refractivity contribution in [1.82, 2.24) is 29.0 Å². The van der Waals surface area contributed by atoms with Gasteiger partial charge in [-0.1, -0.05) is 23.5 Å². The van der Waals surface area contributed by atoms with E-state index in [0.29, 0.717) is 4.88 Å². The second kappa shape index (κ2) is 6.38. The van der Waals surface area contributed by atoms with Crippen LogP contribution in [0.2, 0.25) is 0 Å². The molecule has 132 valence electrons. The molecule has 1 aromatic carbocycles. The first kappa shape index (κ1) is 16.5. The van der Waals surface area contributed by atoms with Gasteiger partial charge in [-0.05, 0) is 31.5 Å².